The van der Waals surface area contributed by atoms with E-state index in [-0.39, 0.29) is 12.4 Å². The van der Waals surface area contributed by atoms with E-state index in [4.69, 9.17) is 19.9 Å². The molecule has 3 heterocycles. The summed E-state index contributed by atoms with van der Waals surface area (Å²) in [4.78, 5) is 36.7. The van der Waals surface area contributed by atoms with Gasteiger partial charge in [0.1, 0.15) is 23.8 Å². The number of hydrogen-bond donors (Lipinski definition) is 4. The van der Waals surface area contributed by atoms with Crippen LogP contribution in [0, 0.1) is 0 Å². The molecule has 6 atom stereocenters. The molecule has 0 amide bonds. The van der Waals surface area contributed by atoms with Crippen molar-refractivity contribution < 1.29 is 28.2 Å². The maximum absolute atomic E-state index is 14.9. The minimum absolute atomic E-state index is 0.0313. The average Bonchev–Trinajstić information content (AvgIpc) is 2.83. The second-order valence-electron chi connectivity index (χ2n) is 5.63. The van der Waals surface area contributed by atoms with Crippen LogP contribution in [0.3, 0.4) is 0 Å². The lowest BCUT2D eigenvalue weighted by Gasteiger charge is -2.29. The number of carboxylic acids is 1. The summed E-state index contributed by atoms with van der Waals surface area (Å²) < 4.78 is 26.6. The van der Waals surface area contributed by atoms with Crippen LogP contribution >= 0.6 is 19.9 Å². The van der Waals surface area contributed by atoms with Crippen molar-refractivity contribution in [1.29, 1.82) is 0 Å². The van der Waals surface area contributed by atoms with Crippen LogP contribution in [0.1, 0.15) is 12.3 Å². The van der Waals surface area contributed by atoms with E-state index in [1.165, 1.54) is 19.2 Å². The summed E-state index contributed by atoms with van der Waals surface area (Å²) in [7, 11) is -3.73. The highest BCUT2D eigenvalue weighted by molar-refractivity contribution is 8.00. The number of carbonyl (C=O) groups is 1. The van der Waals surface area contributed by atoms with Gasteiger partial charge >= 0.3 is 19.8 Å². The Kier molecular flexibility index (Phi) is 5.02. The van der Waals surface area contributed by atoms with Crippen molar-refractivity contribution in [3.63, 3.8) is 0 Å². The van der Waals surface area contributed by atoms with Gasteiger partial charge in [0.05, 0.1) is 5.25 Å². The van der Waals surface area contributed by atoms with Crippen LogP contribution in [-0.4, -0.2) is 55.7 Å². The van der Waals surface area contributed by atoms with E-state index in [2.05, 4.69) is 10.1 Å². The first-order valence-electron chi connectivity index (χ1n) is 7.30. The third kappa shape index (κ3) is 3.64. The number of alkyl halides is 1. The summed E-state index contributed by atoms with van der Waals surface area (Å²) in [6.07, 6.45) is -1.34. The number of rotatable bonds is 4. The van der Waals surface area contributed by atoms with Crippen molar-refractivity contribution in [2.45, 2.75) is 35.9 Å². The fraction of sp³-hybridized carbons (Fsp3) is 0.583. The highest BCUT2D eigenvalue weighted by Gasteiger charge is 2.61. The molecule has 13 heteroatoms. The average molecular weight is 395 g/mol. The Morgan fingerprint density at radius 2 is 2.40 bits per heavy atom. The molecule has 0 aliphatic carbocycles. The molecule has 2 unspecified atom stereocenters. The molecule has 138 valence electrons. The molecule has 2 saturated heterocycles. The van der Waals surface area contributed by atoms with E-state index in [1.54, 1.807) is 0 Å². The largest absolute Gasteiger partial charge is 0.500 e. The molecule has 2 fully saturated rings. The normalized spacial score (nSPS) is 36.0. The molecule has 2 aliphatic heterocycles. The topological polar surface area (TPSA) is 149 Å². The molecule has 10 nitrogen and oxygen atoms in total. The second-order valence-corrected chi connectivity index (χ2v) is 8.76. The number of carboxylic acid groups (broad SMARTS) is 1. The summed E-state index contributed by atoms with van der Waals surface area (Å²) in [6, 6.07) is 0.245. The first kappa shape index (κ1) is 18.5. The third-order valence-corrected chi connectivity index (χ3v) is 7.06. The zero-order chi connectivity index (χ0) is 18.4. The maximum atomic E-state index is 14.9. The SMILES string of the molecule is CC(N[P+]1(O)OC[C@H]2S[C@@H](n3ccc(N)nc3=O)[C@@H](F)[C@@H]2O1)C(=O)O. The van der Waals surface area contributed by atoms with Gasteiger partial charge in [-0.15, -0.1) is 16.8 Å². The summed E-state index contributed by atoms with van der Waals surface area (Å²) in [5.74, 6) is -1.18. The van der Waals surface area contributed by atoms with Crippen molar-refractivity contribution >= 4 is 31.6 Å². The third-order valence-electron chi connectivity index (χ3n) is 3.80. The molecule has 0 spiro atoms. The Morgan fingerprint density at radius 3 is 3.04 bits per heavy atom. The highest BCUT2D eigenvalue weighted by Crippen LogP contribution is 2.62. The molecule has 25 heavy (non-hydrogen) atoms. The monoisotopic (exact) mass is 395 g/mol. The Balaban J connectivity index is 1.77. The first-order valence-corrected chi connectivity index (χ1v) is 9.82. The van der Waals surface area contributed by atoms with E-state index >= 15 is 0 Å². The van der Waals surface area contributed by atoms with Gasteiger partial charge in [0, 0.05) is 6.20 Å². The number of nitrogens with one attached hydrogen (secondary N) is 1. The Labute approximate surface area is 146 Å². The summed E-state index contributed by atoms with van der Waals surface area (Å²) in [6.45, 7) is 1.25. The molecule has 5 N–H and O–H groups in total. The Hall–Kier alpha value is -1.30. The van der Waals surface area contributed by atoms with Crippen molar-refractivity contribution in [2.75, 3.05) is 12.3 Å². The lowest BCUT2D eigenvalue weighted by molar-refractivity contribution is -0.138. The second kappa shape index (κ2) is 6.78. The summed E-state index contributed by atoms with van der Waals surface area (Å²) >= 11 is 1.12. The molecule has 1 aromatic heterocycles. The van der Waals surface area contributed by atoms with E-state index < -0.39 is 48.7 Å². The van der Waals surface area contributed by atoms with Gasteiger partial charge in [-0.3, -0.25) is 9.36 Å². The number of aliphatic carboxylic acids is 1. The minimum atomic E-state index is -3.73. The Morgan fingerprint density at radius 1 is 1.68 bits per heavy atom. The van der Waals surface area contributed by atoms with Gasteiger partial charge in [0.15, 0.2) is 12.3 Å². The summed E-state index contributed by atoms with van der Waals surface area (Å²) in [5.41, 5.74) is 4.74. The molecule has 0 aromatic carbocycles. The van der Waals surface area contributed by atoms with Gasteiger partial charge in [-0.2, -0.15) is 18.9 Å². The number of nitrogens with two attached hydrogens (primary N) is 1. The molecule has 0 bridgehead atoms. The van der Waals surface area contributed by atoms with Crippen molar-refractivity contribution in [2.24, 2.45) is 0 Å². The fourth-order valence-electron chi connectivity index (χ4n) is 2.54. The minimum Gasteiger partial charge on any atom is -0.480 e. The standard InChI is InChI=1S/C12H16FN4O6PS/c1-5(11(18)19)16-24(21)22-4-6-9(23-24)8(13)10(25-6)17-3-2-7(14)15-12(17)20/h2-3,5-6,8-10,16,21H,4H2,1H3,(H2-,14,15,18,19,20)/p+1/t5?,6-,8+,9-,10-,24?/m1/s1. The number of anilines is 1. The van der Waals surface area contributed by atoms with Gasteiger partial charge < -0.3 is 10.8 Å². The fourth-order valence-corrected chi connectivity index (χ4v) is 5.93. The maximum Gasteiger partial charge on any atom is 0.500 e. The number of nitrogens with zero attached hydrogens (tertiary/aromatic N) is 2. The molecule has 2 aliphatic rings. The quantitative estimate of drug-likeness (QED) is 0.510. The molecule has 0 saturated carbocycles. The lowest BCUT2D eigenvalue weighted by Crippen LogP contribution is -2.44. The van der Waals surface area contributed by atoms with Crippen LogP contribution in [0.4, 0.5) is 10.2 Å². The van der Waals surface area contributed by atoms with Crippen LogP contribution in [0.25, 0.3) is 0 Å². The van der Waals surface area contributed by atoms with Gasteiger partial charge in [0.25, 0.3) is 0 Å². The first-order chi connectivity index (χ1) is 11.7. The van der Waals surface area contributed by atoms with Crippen LogP contribution in [-0.2, 0) is 13.8 Å². The molecule has 3 rings (SSSR count). The molecular weight excluding hydrogens is 378 g/mol. The van der Waals surface area contributed by atoms with Crippen molar-refractivity contribution in [3.05, 3.63) is 22.7 Å². The number of thioether (sulfide) groups is 1. The number of nitrogen functional groups attached to an aromatic ring is 1. The van der Waals surface area contributed by atoms with Crippen LogP contribution < -0.4 is 16.5 Å². The number of fused-ring (bicyclic) bond motifs is 1. The zero-order valence-electron chi connectivity index (χ0n) is 13.0. The van der Waals surface area contributed by atoms with Crippen LogP contribution in [0.15, 0.2) is 17.1 Å². The smallest absolute Gasteiger partial charge is 0.480 e. The van der Waals surface area contributed by atoms with Crippen molar-refractivity contribution in [3.8, 4) is 0 Å². The van der Waals surface area contributed by atoms with Gasteiger partial charge in [0.2, 0.25) is 0 Å². The van der Waals surface area contributed by atoms with Gasteiger partial charge in [-0.1, -0.05) is 0 Å². The zero-order valence-corrected chi connectivity index (χ0v) is 14.7. The van der Waals surface area contributed by atoms with Crippen molar-refractivity contribution in [1.82, 2.24) is 14.6 Å². The lowest BCUT2D eigenvalue weighted by atomic mass is 10.1. The predicted octanol–water partition coefficient (Wildman–Crippen LogP) is -0.0744. The van der Waals surface area contributed by atoms with E-state index in [0.29, 0.717) is 0 Å². The number of halogens is 1. The van der Waals surface area contributed by atoms with E-state index in [1.807, 2.05) is 0 Å². The highest BCUT2D eigenvalue weighted by atomic mass is 32.2. The molecule has 1 aromatic rings. The van der Waals surface area contributed by atoms with Gasteiger partial charge in [-0.05, 0) is 13.0 Å². The van der Waals surface area contributed by atoms with E-state index in [9.17, 15) is 18.9 Å². The predicted molar refractivity (Wildman–Crippen MR) is 88.4 cm³/mol. The van der Waals surface area contributed by atoms with Crippen LogP contribution in [0.5, 0.6) is 0 Å². The number of hydrogen-bond acceptors (Lipinski definition) is 9. The molecule has 0 radical (unpaired) electrons. The molecular formula is C12H17FN4O6PS+. The van der Waals surface area contributed by atoms with E-state index in [0.717, 1.165) is 16.3 Å². The van der Waals surface area contributed by atoms with Gasteiger partial charge in [-0.25, -0.2) is 9.18 Å². The summed E-state index contributed by atoms with van der Waals surface area (Å²) in [5, 5.41) is 9.88. The van der Waals surface area contributed by atoms with Crippen LogP contribution in [0.2, 0.25) is 0 Å². The number of aromatic nitrogens is 2. The Bertz CT molecular complexity index is 740.